The van der Waals surface area contributed by atoms with E-state index >= 15 is 0 Å². The van der Waals surface area contributed by atoms with Crippen molar-refractivity contribution in [3.8, 4) is 0 Å². The highest BCUT2D eigenvalue weighted by atomic mass is 32.2. The average molecular weight is 359 g/mol. The van der Waals surface area contributed by atoms with Gasteiger partial charge in [0, 0.05) is 20.3 Å². The molecule has 0 saturated carbocycles. The van der Waals surface area contributed by atoms with E-state index in [-0.39, 0.29) is 0 Å². The van der Waals surface area contributed by atoms with E-state index in [0.29, 0.717) is 16.4 Å². The first-order valence-electron chi connectivity index (χ1n) is 8.53. The fraction of sp³-hybridized carbons (Fsp3) is 0.364. The molecule has 0 saturated heterocycles. The van der Waals surface area contributed by atoms with Gasteiger partial charge in [-0.25, -0.2) is 0 Å². The predicted octanol–water partition coefficient (Wildman–Crippen LogP) is 7.47. The first-order chi connectivity index (χ1) is 11.5. The lowest BCUT2D eigenvalue weighted by molar-refractivity contribution is 0.889. The van der Waals surface area contributed by atoms with Crippen LogP contribution in [0.2, 0.25) is 0 Å². The van der Waals surface area contributed by atoms with Crippen LogP contribution in [0.15, 0.2) is 83.2 Å². The van der Waals surface area contributed by atoms with E-state index in [1.54, 1.807) is 0 Å². The molecule has 0 aromatic carbocycles. The van der Waals surface area contributed by atoms with Gasteiger partial charge in [-0.15, -0.1) is 23.5 Å². The van der Waals surface area contributed by atoms with E-state index in [2.05, 4.69) is 71.7 Å². The summed E-state index contributed by atoms with van der Waals surface area (Å²) in [5.41, 5.74) is 2.60. The normalized spacial score (nSPS) is 23.8. The highest BCUT2D eigenvalue weighted by Gasteiger charge is 2.32. The third-order valence-electron chi connectivity index (χ3n) is 3.70. The maximum Gasteiger partial charge on any atom is 0.0462 e. The maximum atomic E-state index is 4.33. The van der Waals surface area contributed by atoms with Crippen molar-refractivity contribution in [3.63, 3.8) is 0 Å². The fourth-order valence-corrected chi connectivity index (χ4v) is 5.40. The van der Waals surface area contributed by atoms with E-state index in [1.807, 2.05) is 41.8 Å². The summed E-state index contributed by atoms with van der Waals surface area (Å²) in [6.45, 7) is 20.7. The highest BCUT2D eigenvalue weighted by Crippen LogP contribution is 2.50. The van der Waals surface area contributed by atoms with Gasteiger partial charge >= 0.3 is 0 Å². The van der Waals surface area contributed by atoms with Crippen LogP contribution in [0.4, 0.5) is 0 Å². The Hall–Kier alpha value is -1.12. The Balaban J connectivity index is 0.000000891. The van der Waals surface area contributed by atoms with Crippen LogP contribution in [-0.2, 0) is 0 Å². The van der Waals surface area contributed by atoms with Gasteiger partial charge in [-0.1, -0.05) is 95.0 Å². The maximum absolute atomic E-state index is 4.33. The Morgan fingerprint density at radius 1 is 1.29 bits per heavy atom. The molecule has 130 valence electrons. The average Bonchev–Trinajstić information content (AvgIpc) is 2.59. The van der Waals surface area contributed by atoms with Gasteiger partial charge in [0.05, 0.1) is 0 Å². The van der Waals surface area contributed by atoms with Gasteiger partial charge in [0.1, 0.15) is 0 Å². The van der Waals surface area contributed by atoms with E-state index in [1.165, 1.54) is 27.4 Å². The molecule has 0 bridgehead atoms. The zero-order valence-electron chi connectivity index (χ0n) is 15.4. The van der Waals surface area contributed by atoms with Crippen LogP contribution in [0.3, 0.4) is 0 Å². The van der Waals surface area contributed by atoms with Gasteiger partial charge in [-0.2, -0.15) is 0 Å². The quantitative estimate of drug-likeness (QED) is 0.467. The van der Waals surface area contributed by atoms with Crippen molar-refractivity contribution in [1.82, 2.24) is 0 Å². The standard InChI is InChI=1S/C19H22S2.C3H8/c1-6-8-10-13(3)15(5)19-16(7-2)20-17-12-9-11-14(4)18(17)21-19;1-3-2/h6-13,17-18H,1-2,5H2,3-4H3;3H2,1-2H3/b10-8-;. The Morgan fingerprint density at radius 2 is 1.96 bits per heavy atom. The van der Waals surface area contributed by atoms with Crippen LogP contribution in [0.5, 0.6) is 0 Å². The lowest BCUT2D eigenvalue weighted by Gasteiger charge is -2.34. The van der Waals surface area contributed by atoms with Crippen molar-refractivity contribution >= 4 is 23.5 Å². The summed E-state index contributed by atoms with van der Waals surface area (Å²) in [7, 11) is 0. The number of fused-ring (bicyclic) bond motifs is 1. The van der Waals surface area contributed by atoms with Gasteiger partial charge in [0.15, 0.2) is 0 Å². The largest absolute Gasteiger partial charge is 0.116 e. The second-order valence-corrected chi connectivity index (χ2v) is 8.33. The summed E-state index contributed by atoms with van der Waals surface area (Å²) < 4.78 is 0. The molecule has 1 aliphatic carbocycles. The van der Waals surface area contributed by atoms with Crippen molar-refractivity contribution in [1.29, 1.82) is 0 Å². The lowest BCUT2D eigenvalue weighted by Crippen LogP contribution is -2.25. The molecule has 0 spiro atoms. The van der Waals surface area contributed by atoms with Crippen molar-refractivity contribution < 1.29 is 0 Å². The number of hydrogen-bond donors (Lipinski definition) is 0. The summed E-state index contributed by atoms with van der Waals surface area (Å²) in [6.07, 6.45) is 15.8. The van der Waals surface area contributed by atoms with E-state index in [4.69, 9.17) is 0 Å². The Morgan fingerprint density at radius 3 is 2.54 bits per heavy atom. The second kappa shape index (κ2) is 10.7. The molecule has 2 rings (SSSR count). The minimum atomic E-state index is 0.306. The molecule has 1 heterocycles. The highest BCUT2D eigenvalue weighted by molar-refractivity contribution is 8.11. The summed E-state index contributed by atoms with van der Waals surface area (Å²) >= 11 is 3.84. The molecule has 0 aromatic heterocycles. The first kappa shape index (κ1) is 20.9. The summed E-state index contributed by atoms with van der Waals surface area (Å²) in [5, 5.41) is 1.01. The first-order valence-corrected chi connectivity index (χ1v) is 10.3. The van der Waals surface area contributed by atoms with E-state index in [9.17, 15) is 0 Å². The molecule has 3 unspecified atom stereocenters. The molecule has 2 aliphatic rings. The van der Waals surface area contributed by atoms with Gasteiger partial charge in [0.25, 0.3) is 0 Å². The molecule has 0 fully saturated rings. The lowest BCUT2D eigenvalue weighted by atomic mass is 10.0. The van der Waals surface area contributed by atoms with E-state index in [0.717, 1.165) is 0 Å². The molecular formula is C22H30S2. The van der Waals surface area contributed by atoms with Crippen LogP contribution >= 0.6 is 23.5 Å². The monoisotopic (exact) mass is 358 g/mol. The third kappa shape index (κ3) is 5.46. The molecule has 0 aromatic rings. The summed E-state index contributed by atoms with van der Waals surface area (Å²) in [6, 6.07) is 0. The minimum Gasteiger partial charge on any atom is -0.116 e. The SMILES string of the molecule is C=C/C=C\C(C)C(=C)C1=C(C=C)SC2C=CC=C(C)C2S1.CCC. The van der Waals surface area contributed by atoms with Crippen molar-refractivity contribution in [2.45, 2.75) is 44.6 Å². The van der Waals surface area contributed by atoms with Crippen LogP contribution in [0, 0.1) is 5.92 Å². The number of hydrogen-bond acceptors (Lipinski definition) is 2. The summed E-state index contributed by atoms with van der Waals surface area (Å²) in [4.78, 5) is 2.55. The molecule has 1 aliphatic heterocycles. The molecule has 0 amide bonds. The van der Waals surface area contributed by atoms with Crippen LogP contribution in [-0.4, -0.2) is 10.5 Å². The van der Waals surface area contributed by atoms with Crippen molar-refractivity contribution in [2.24, 2.45) is 5.92 Å². The molecule has 0 nitrogen and oxygen atoms in total. The van der Waals surface area contributed by atoms with Gasteiger partial charge in [-0.3, -0.25) is 0 Å². The fourth-order valence-electron chi connectivity index (χ4n) is 2.36. The molecule has 0 N–H and O–H groups in total. The molecule has 0 radical (unpaired) electrons. The van der Waals surface area contributed by atoms with Gasteiger partial charge in [-0.05, 0) is 18.4 Å². The molecule has 2 heteroatoms. The predicted molar refractivity (Wildman–Crippen MR) is 116 cm³/mol. The number of allylic oxidation sites excluding steroid dienone is 7. The number of rotatable bonds is 5. The zero-order valence-corrected chi connectivity index (χ0v) is 17.1. The van der Waals surface area contributed by atoms with Crippen LogP contribution in [0.25, 0.3) is 0 Å². The van der Waals surface area contributed by atoms with Crippen molar-refractivity contribution in [3.05, 3.63) is 83.2 Å². The van der Waals surface area contributed by atoms with Gasteiger partial charge < -0.3 is 0 Å². The summed E-state index contributed by atoms with van der Waals surface area (Å²) in [5.74, 6) is 0.306. The zero-order chi connectivity index (χ0) is 18.1. The van der Waals surface area contributed by atoms with Crippen LogP contribution in [0.1, 0.15) is 34.1 Å². The minimum absolute atomic E-state index is 0.306. The number of thioether (sulfide) groups is 2. The molecular weight excluding hydrogens is 328 g/mol. The van der Waals surface area contributed by atoms with Gasteiger partial charge in [0.2, 0.25) is 0 Å². The Bertz CT molecular complexity index is 587. The van der Waals surface area contributed by atoms with Crippen LogP contribution < -0.4 is 0 Å². The topological polar surface area (TPSA) is 0 Å². The Labute approximate surface area is 157 Å². The van der Waals surface area contributed by atoms with Crippen molar-refractivity contribution in [2.75, 3.05) is 0 Å². The smallest absolute Gasteiger partial charge is 0.0462 e. The second-order valence-electron chi connectivity index (χ2n) is 5.96. The van der Waals surface area contributed by atoms with E-state index < -0.39 is 0 Å². The molecule has 24 heavy (non-hydrogen) atoms. The molecule has 3 atom stereocenters. The third-order valence-corrected chi connectivity index (χ3v) is 6.97. The Kier molecular flexibility index (Phi) is 9.31.